The lowest BCUT2D eigenvalue weighted by Gasteiger charge is -2.30. The van der Waals surface area contributed by atoms with Gasteiger partial charge in [0.1, 0.15) is 6.54 Å². The summed E-state index contributed by atoms with van der Waals surface area (Å²) in [5, 5.41) is 0. The minimum Gasteiger partial charge on any atom is -0.325 e. The number of nitrogens with zero attached hydrogens (tertiary/aromatic N) is 2. The van der Waals surface area contributed by atoms with Crippen molar-refractivity contribution in [2.75, 3.05) is 20.6 Å². The lowest BCUT2D eigenvalue weighted by molar-refractivity contribution is -0.903. The first-order chi connectivity index (χ1) is 15.1. The minimum absolute atomic E-state index is 0.943. The minimum atomic E-state index is 0.943. The zero-order valence-corrected chi connectivity index (χ0v) is 20.7. The summed E-state index contributed by atoms with van der Waals surface area (Å²) in [7, 11) is 4.76. The van der Waals surface area contributed by atoms with Crippen molar-refractivity contribution in [3.63, 3.8) is 0 Å². The number of unbranched alkanes of at least 4 members (excludes halogenated alkanes) is 11. The van der Waals surface area contributed by atoms with E-state index in [1.165, 1.54) is 94.7 Å². The molecule has 0 spiro atoms. The molecule has 1 aromatic heterocycles. The highest BCUT2D eigenvalue weighted by Gasteiger charge is 2.15. The molecule has 0 bridgehead atoms. The highest BCUT2D eigenvalue weighted by Crippen LogP contribution is 2.15. The number of rotatable bonds is 17. The van der Waals surface area contributed by atoms with E-state index in [2.05, 4.69) is 80.4 Å². The van der Waals surface area contributed by atoms with Gasteiger partial charge in [-0.2, -0.15) is 0 Å². The summed E-state index contributed by atoms with van der Waals surface area (Å²) in [6.45, 7) is 5.64. The fraction of sp³-hybridized carbons (Fsp3) is 0.621. The molecular weight excluding hydrogens is 376 g/mol. The van der Waals surface area contributed by atoms with Crippen LogP contribution in [0.4, 0.5) is 0 Å². The van der Waals surface area contributed by atoms with Gasteiger partial charge in [-0.15, -0.1) is 0 Å². The van der Waals surface area contributed by atoms with E-state index in [1.807, 2.05) is 0 Å². The predicted molar refractivity (Wildman–Crippen MR) is 134 cm³/mol. The number of pyridine rings is 1. The summed E-state index contributed by atoms with van der Waals surface area (Å²) >= 11 is 0. The molecule has 2 heteroatoms. The molecule has 31 heavy (non-hydrogen) atoms. The Hall–Kier alpha value is -1.67. The highest BCUT2D eigenvalue weighted by atomic mass is 15.3. The molecule has 1 heterocycles. The Kier molecular flexibility index (Phi) is 12.5. The Morgan fingerprint density at radius 3 is 1.65 bits per heavy atom. The van der Waals surface area contributed by atoms with E-state index in [4.69, 9.17) is 0 Å². The first kappa shape index (κ1) is 25.6. The maximum absolute atomic E-state index is 2.38. The second-order valence-electron chi connectivity index (χ2n) is 10.1. The van der Waals surface area contributed by atoms with Crippen LogP contribution in [-0.4, -0.2) is 25.1 Å². The SMILES string of the molecule is CCCCCCCCCCCCCC[N+](C)(C)Cc1ccc(C[n+]2ccccc2)cc1. The van der Waals surface area contributed by atoms with Gasteiger partial charge in [-0.25, -0.2) is 4.57 Å². The van der Waals surface area contributed by atoms with Crippen molar-refractivity contribution in [2.45, 2.75) is 97.1 Å². The summed E-state index contributed by atoms with van der Waals surface area (Å²) in [6, 6.07) is 15.5. The van der Waals surface area contributed by atoms with E-state index >= 15 is 0 Å². The largest absolute Gasteiger partial charge is 0.325 e. The van der Waals surface area contributed by atoms with Gasteiger partial charge in [0.2, 0.25) is 0 Å². The van der Waals surface area contributed by atoms with Crippen molar-refractivity contribution in [3.05, 3.63) is 66.0 Å². The van der Waals surface area contributed by atoms with Crippen LogP contribution in [0.3, 0.4) is 0 Å². The molecule has 0 fully saturated rings. The van der Waals surface area contributed by atoms with Crippen molar-refractivity contribution in [1.82, 2.24) is 0 Å². The Labute approximate surface area is 192 Å². The van der Waals surface area contributed by atoms with Gasteiger partial charge in [-0.3, -0.25) is 0 Å². The molecule has 1 aromatic carbocycles. The van der Waals surface area contributed by atoms with Gasteiger partial charge < -0.3 is 4.48 Å². The standard InChI is InChI=1S/C29H48N2/c1-4-5-6-7-8-9-10-11-12-13-14-18-25-31(2,3)27-29-21-19-28(20-22-29)26-30-23-16-15-17-24-30/h15-17,19-24H,4-14,18,25-27H2,1-3H3/q+2. The van der Waals surface area contributed by atoms with E-state index in [0.29, 0.717) is 0 Å². The van der Waals surface area contributed by atoms with E-state index in [9.17, 15) is 0 Å². The van der Waals surface area contributed by atoms with Gasteiger partial charge in [0, 0.05) is 23.3 Å². The quantitative estimate of drug-likeness (QED) is 0.142. The van der Waals surface area contributed by atoms with Crippen molar-refractivity contribution in [3.8, 4) is 0 Å². The van der Waals surface area contributed by atoms with Crippen molar-refractivity contribution >= 4 is 0 Å². The first-order valence-corrected chi connectivity index (χ1v) is 12.9. The number of quaternary nitrogens is 1. The predicted octanol–water partition coefficient (Wildman–Crippen LogP) is 7.30. The molecule has 0 aliphatic rings. The van der Waals surface area contributed by atoms with Gasteiger partial charge in [0.15, 0.2) is 18.9 Å². The number of hydrogen-bond donors (Lipinski definition) is 0. The van der Waals surface area contributed by atoms with Crippen molar-refractivity contribution < 1.29 is 9.05 Å². The van der Waals surface area contributed by atoms with Gasteiger partial charge in [0.25, 0.3) is 0 Å². The van der Waals surface area contributed by atoms with Gasteiger partial charge >= 0.3 is 0 Å². The van der Waals surface area contributed by atoms with Gasteiger partial charge in [0.05, 0.1) is 20.6 Å². The first-order valence-electron chi connectivity index (χ1n) is 12.9. The average Bonchev–Trinajstić information content (AvgIpc) is 2.76. The molecule has 0 saturated carbocycles. The Bertz CT molecular complexity index is 676. The fourth-order valence-corrected chi connectivity index (χ4v) is 4.45. The molecular formula is C29H48N2+2. The summed E-state index contributed by atoms with van der Waals surface area (Å²) in [5.74, 6) is 0. The summed E-state index contributed by atoms with van der Waals surface area (Å²) < 4.78 is 3.31. The highest BCUT2D eigenvalue weighted by molar-refractivity contribution is 5.21. The third kappa shape index (κ3) is 12.1. The van der Waals surface area contributed by atoms with Crippen molar-refractivity contribution in [2.24, 2.45) is 0 Å². The van der Waals surface area contributed by atoms with Gasteiger partial charge in [-0.1, -0.05) is 101 Å². The molecule has 0 aliphatic carbocycles. The molecule has 0 N–H and O–H groups in total. The fourth-order valence-electron chi connectivity index (χ4n) is 4.45. The summed E-state index contributed by atoms with van der Waals surface area (Å²) in [5.41, 5.74) is 2.82. The monoisotopic (exact) mass is 424 g/mol. The van der Waals surface area contributed by atoms with E-state index in [1.54, 1.807) is 0 Å². The maximum Gasteiger partial charge on any atom is 0.173 e. The molecule has 0 unspecified atom stereocenters. The Morgan fingerprint density at radius 1 is 0.613 bits per heavy atom. The molecule has 0 saturated heterocycles. The van der Waals surface area contributed by atoms with Crippen LogP contribution < -0.4 is 4.57 Å². The zero-order valence-electron chi connectivity index (χ0n) is 20.7. The zero-order chi connectivity index (χ0) is 22.2. The van der Waals surface area contributed by atoms with E-state index < -0.39 is 0 Å². The lowest BCUT2D eigenvalue weighted by atomic mass is 10.0. The topological polar surface area (TPSA) is 3.88 Å². The van der Waals surface area contributed by atoms with Gasteiger partial charge in [-0.05, 0) is 12.8 Å². The Morgan fingerprint density at radius 2 is 1.10 bits per heavy atom. The number of hydrogen-bond acceptors (Lipinski definition) is 0. The molecule has 172 valence electrons. The second kappa shape index (κ2) is 15.2. The average molecular weight is 425 g/mol. The Balaban J connectivity index is 1.54. The second-order valence-corrected chi connectivity index (χ2v) is 10.1. The smallest absolute Gasteiger partial charge is 0.173 e. The van der Waals surface area contributed by atoms with Crippen LogP contribution in [0.15, 0.2) is 54.9 Å². The number of aromatic nitrogens is 1. The number of benzene rings is 1. The van der Waals surface area contributed by atoms with Crippen LogP contribution in [0.2, 0.25) is 0 Å². The third-order valence-corrected chi connectivity index (χ3v) is 6.39. The maximum atomic E-state index is 2.38. The molecule has 0 atom stereocenters. The molecule has 2 rings (SSSR count). The van der Waals surface area contributed by atoms with Crippen molar-refractivity contribution in [1.29, 1.82) is 0 Å². The molecule has 0 radical (unpaired) electrons. The van der Waals surface area contributed by atoms with E-state index in [0.717, 1.165) is 17.6 Å². The van der Waals surface area contributed by atoms with Crippen LogP contribution in [0.1, 0.15) is 95.1 Å². The normalized spacial score (nSPS) is 11.7. The summed E-state index contributed by atoms with van der Waals surface area (Å²) in [6.07, 6.45) is 21.3. The molecule has 2 nitrogen and oxygen atoms in total. The van der Waals surface area contributed by atoms with E-state index in [-0.39, 0.29) is 0 Å². The van der Waals surface area contributed by atoms with Crippen LogP contribution >= 0.6 is 0 Å². The van der Waals surface area contributed by atoms with Crippen LogP contribution in [0.25, 0.3) is 0 Å². The summed E-state index contributed by atoms with van der Waals surface area (Å²) in [4.78, 5) is 0. The lowest BCUT2D eigenvalue weighted by Crippen LogP contribution is -2.39. The molecule has 2 aromatic rings. The molecule has 0 amide bonds. The van der Waals surface area contributed by atoms with Crippen LogP contribution in [0, 0.1) is 0 Å². The third-order valence-electron chi connectivity index (χ3n) is 6.39. The molecule has 0 aliphatic heterocycles. The van der Waals surface area contributed by atoms with Crippen LogP contribution in [0.5, 0.6) is 0 Å². The van der Waals surface area contributed by atoms with Crippen LogP contribution in [-0.2, 0) is 13.1 Å².